The Morgan fingerprint density at radius 1 is 1.71 bits per heavy atom. The highest BCUT2D eigenvalue weighted by Crippen LogP contribution is 2.07. The quantitative estimate of drug-likeness (QED) is 0.644. The van der Waals surface area contributed by atoms with E-state index in [0.717, 1.165) is 12.2 Å². The van der Waals surface area contributed by atoms with Gasteiger partial charge in [0.25, 0.3) is 0 Å². The van der Waals surface area contributed by atoms with Gasteiger partial charge in [0, 0.05) is 37.3 Å². The van der Waals surface area contributed by atoms with Crippen LogP contribution >= 0.6 is 0 Å². The first-order valence-electron chi connectivity index (χ1n) is 5.59. The largest absolute Gasteiger partial charge is 0.481 e. The second kappa shape index (κ2) is 6.67. The van der Waals surface area contributed by atoms with Crippen LogP contribution in [0, 0.1) is 0 Å². The Hall–Kier alpha value is -1.85. The van der Waals surface area contributed by atoms with Crippen molar-refractivity contribution < 1.29 is 14.7 Å². The number of nitrogens with one attached hydrogen (secondary N) is 1. The van der Waals surface area contributed by atoms with E-state index in [-0.39, 0.29) is 12.5 Å². The van der Waals surface area contributed by atoms with Crippen molar-refractivity contribution in [1.82, 2.24) is 15.1 Å². The predicted molar refractivity (Wildman–Crippen MR) is 61.5 cm³/mol. The fraction of sp³-hybridized carbons (Fsp3) is 0.545. The number of hydrogen-bond donors (Lipinski definition) is 2. The van der Waals surface area contributed by atoms with Crippen LogP contribution in [0.4, 0.5) is 0 Å². The number of rotatable bonds is 8. The zero-order chi connectivity index (χ0) is 12.7. The predicted octanol–water partition coefficient (Wildman–Crippen LogP) is 0.425. The van der Waals surface area contributed by atoms with Gasteiger partial charge in [-0.15, -0.1) is 0 Å². The molecule has 1 amide bonds. The molecule has 0 bridgehead atoms. The Bertz CT molecular complexity index is 376. The second-order valence-electron chi connectivity index (χ2n) is 3.76. The molecular weight excluding hydrogens is 222 g/mol. The molecule has 0 aliphatic carbocycles. The van der Waals surface area contributed by atoms with Crippen molar-refractivity contribution in [2.75, 3.05) is 0 Å². The minimum absolute atomic E-state index is 0.0474. The fourth-order valence-electron chi connectivity index (χ4n) is 1.71. The molecule has 0 spiro atoms. The number of carboxylic acids is 1. The van der Waals surface area contributed by atoms with Crippen molar-refractivity contribution in [3.8, 4) is 0 Å². The lowest BCUT2D eigenvalue weighted by Gasteiger charge is -2.15. The van der Waals surface area contributed by atoms with Crippen LogP contribution in [0.2, 0.25) is 0 Å². The molecule has 0 fully saturated rings. The van der Waals surface area contributed by atoms with Crippen molar-refractivity contribution in [2.24, 2.45) is 0 Å². The number of aromatic nitrogens is 2. The van der Waals surface area contributed by atoms with E-state index in [1.165, 1.54) is 0 Å². The van der Waals surface area contributed by atoms with Gasteiger partial charge in [-0.2, -0.15) is 5.10 Å². The smallest absolute Gasteiger partial charge is 0.303 e. The number of carboxylic acid groups (broad SMARTS) is 1. The molecule has 94 valence electrons. The highest BCUT2D eigenvalue weighted by molar-refractivity contribution is 5.66. The molecule has 0 saturated carbocycles. The average Bonchev–Trinajstić information content (AvgIpc) is 2.73. The summed E-state index contributed by atoms with van der Waals surface area (Å²) in [4.78, 5) is 21.0. The lowest BCUT2D eigenvalue weighted by molar-refractivity contribution is -0.137. The van der Waals surface area contributed by atoms with Crippen LogP contribution in [-0.4, -0.2) is 33.3 Å². The third kappa shape index (κ3) is 4.26. The third-order valence-electron chi connectivity index (χ3n) is 2.57. The van der Waals surface area contributed by atoms with E-state index in [9.17, 15) is 9.59 Å². The van der Waals surface area contributed by atoms with Crippen LogP contribution < -0.4 is 5.32 Å². The molecule has 1 aromatic heterocycles. The summed E-state index contributed by atoms with van der Waals surface area (Å²) in [7, 11) is 0. The molecule has 0 saturated heterocycles. The molecule has 6 nitrogen and oxygen atoms in total. The molecule has 17 heavy (non-hydrogen) atoms. The third-order valence-corrected chi connectivity index (χ3v) is 2.57. The summed E-state index contributed by atoms with van der Waals surface area (Å²) >= 11 is 0. The van der Waals surface area contributed by atoms with Crippen molar-refractivity contribution in [2.45, 2.75) is 38.8 Å². The maximum Gasteiger partial charge on any atom is 0.303 e. The minimum Gasteiger partial charge on any atom is -0.481 e. The summed E-state index contributed by atoms with van der Waals surface area (Å²) in [5.41, 5.74) is 0.997. The van der Waals surface area contributed by atoms with E-state index in [4.69, 9.17) is 5.11 Å². The van der Waals surface area contributed by atoms with Crippen LogP contribution in [0.15, 0.2) is 12.3 Å². The number of nitrogens with zero attached hydrogens (tertiary/aromatic N) is 2. The highest BCUT2D eigenvalue weighted by Gasteiger charge is 2.13. The van der Waals surface area contributed by atoms with Crippen LogP contribution in [0.5, 0.6) is 0 Å². The first kappa shape index (κ1) is 13.2. The summed E-state index contributed by atoms with van der Waals surface area (Å²) in [5.74, 6) is -0.855. The summed E-state index contributed by atoms with van der Waals surface area (Å²) in [6, 6.07) is 1.72. The Balaban J connectivity index is 2.59. The lowest BCUT2D eigenvalue weighted by atomic mass is 10.1. The first-order chi connectivity index (χ1) is 8.17. The van der Waals surface area contributed by atoms with E-state index < -0.39 is 5.97 Å². The molecule has 0 aromatic carbocycles. The van der Waals surface area contributed by atoms with Gasteiger partial charge in [-0.1, -0.05) is 0 Å². The Morgan fingerprint density at radius 3 is 3.06 bits per heavy atom. The summed E-state index contributed by atoms with van der Waals surface area (Å²) in [6.07, 6.45) is 3.38. The van der Waals surface area contributed by atoms with Gasteiger partial charge in [-0.25, -0.2) is 0 Å². The minimum atomic E-state index is -0.855. The van der Waals surface area contributed by atoms with Gasteiger partial charge in [0.1, 0.15) is 0 Å². The van der Waals surface area contributed by atoms with E-state index >= 15 is 0 Å². The molecule has 1 heterocycles. The number of aliphatic carboxylic acids is 1. The number of amides is 1. The van der Waals surface area contributed by atoms with E-state index in [0.29, 0.717) is 19.3 Å². The number of hydrogen-bond acceptors (Lipinski definition) is 3. The van der Waals surface area contributed by atoms with Crippen molar-refractivity contribution >= 4 is 12.4 Å². The van der Waals surface area contributed by atoms with Crippen LogP contribution in [0.1, 0.15) is 25.5 Å². The Labute approximate surface area is 99.6 Å². The normalized spacial score (nSPS) is 12.1. The molecule has 1 rings (SSSR count). The zero-order valence-corrected chi connectivity index (χ0v) is 9.80. The summed E-state index contributed by atoms with van der Waals surface area (Å²) < 4.78 is 1.83. The second-order valence-corrected chi connectivity index (χ2v) is 3.76. The first-order valence-corrected chi connectivity index (χ1v) is 5.59. The molecular formula is C11H17N3O3. The summed E-state index contributed by atoms with van der Waals surface area (Å²) in [5, 5.41) is 15.4. The van der Waals surface area contributed by atoms with E-state index in [1.54, 1.807) is 6.20 Å². The molecule has 0 radical (unpaired) electrons. The molecule has 2 N–H and O–H groups in total. The number of carbonyl (C=O) groups excluding carboxylic acids is 1. The van der Waals surface area contributed by atoms with Gasteiger partial charge in [0.2, 0.25) is 6.41 Å². The van der Waals surface area contributed by atoms with Gasteiger partial charge in [0.05, 0.1) is 0 Å². The summed E-state index contributed by atoms with van der Waals surface area (Å²) in [6.45, 7) is 2.74. The van der Waals surface area contributed by atoms with Gasteiger partial charge in [-0.3, -0.25) is 14.3 Å². The van der Waals surface area contributed by atoms with Gasteiger partial charge in [0.15, 0.2) is 0 Å². The van der Waals surface area contributed by atoms with Crippen molar-refractivity contribution in [1.29, 1.82) is 0 Å². The molecule has 1 atom stereocenters. The SMILES string of the molecule is CCn1nccc1CC(CCC(=O)O)NC=O. The molecule has 0 aliphatic rings. The lowest BCUT2D eigenvalue weighted by Crippen LogP contribution is -2.31. The monoisotopic (exact) mass is 239 g/mol. The number of aryl methyl sites for hydroxylation is 1. The Kier molecular flexibility index (Phi) is 5.19. The van der Waals surface area contributed by atoms with E-state index in [2.05, 4.69) is 10.4 Å². The van der Waals surface area contributed by atoms with Crippen LogP contribution in [0.25, 0.3) is 0 Å². The average molecular weight is 239 g/mol. The van der Waals surface area contributed by atoms with Gasteiger partial charge in [-0.05, 0) is 19.4 Å². The maximum atomic E-state index is 10.5. The van der Waals surface area contributed by atoms with Gasteiger partial charge < -0.3 is 10.4 Å². The highest BCUT2D eigenvalue weighted by atomic mass is 16.4. The van der Waals surface area contributed by atoms with Crippen LogP contribution in [-0.2, 0) is 22.6 Å². The molecule has 1 unspecified atom stereocenters. The maximum absolute atomic E-state index is 10.5. The van der Waals surface area contributed by atoms with Crippen molar-refractivity contribution in [3.05, 3.63) is 18.0 Å². The van der Waals surface area contributed by atoms with Gasteiger partial charge >= 0.3 is 5.97 Å². The number of carbonyl (C=O) groups is 2. The van der Waals surface area contributed by atoms with E-state index in [1.807, 2.05) is 17.7 Å². The standard InChI is InChI=1S/C11H17N3O3/c1-2-14-10(5-6-13-14)7-9(12-8-15)3-4-11(16)17/h5-6,8-9H,2-4,7H2,1H3,(H,12,15)(H,16,17). The van der Waals surface area contributed by atoms with Crippen molar-refractivity contribution in [3.63, 3.8) is 0 Å². The molecule has 1 aromatic rings. The van der Waals surface area contributed by atoms with Crippen LogP contribution in [0.3, 0.4) is 0 Å². The zero-order valence-electron chi connectivity index (χ0n) is 9.80. The Morgan fingerprint density at radius 2 is 2.47 bits per heavy atom. The molecule has 6 heteroatoms. The molecule has 0 aliphatic heterocycles. The topological polar surface area (TPSA) is 84.2 Å². The fourth-order valence-corrected chi connectivity index (χ4v) is 1.71.